The van der Waals surface area contributed by atoms with Crippen LogP contribution < -0.4 is 4.74 Å². The molecule has 76 valence electrons. The van der Waals surface area contributed by atoms with Crippen LogP contribution in [0.25, 0.3) is 0 Å². The second kappa shape index (κ2) is 4.41. The van der Waals surface area contributed by atoms with Crippen LogP contribution in [0.4, 0.5) is 8.78 Å². The Morgan fingerprint density at radius 2 is 1.93 bits per heavy atom. The first-order valence-corrected chi connectivity index (χ1v) is 4.99. The van der Waals surface area contributed by atoms with Crippen LogP contribution >= 0.6 is 11.8 Å². The van der Waals surface area contributed by atoms with E-state index in [1.54, 1.807) is 18.2 Å². The number of halogens is 2. The van der Waals surface area contributed by atoms with Crippen molar-refractivity contribution in [1.82, 2.24) is 0 Å². The van der Waals surface area contributed by atoms with Gasteiger partial charge in [-0.2, -0.15) is 8.78 Å². The molecule has 5 heteroatoms. The van der Waals surface area contributed by atoms with Gasteiger partial charge in [-0.25, -0.2) is 4.79 Å². The lowest BCUT2D eigenvalue weighted by atomic mass is 10.3. The molecule has 0 aliphatic heterocycles. The zero-order valence-electron chi connectivity index (χ0n) is 7.37. The molecular weight excluding hydrogens is 210 g/mol. The SMILES string of the molecule is CSC(F)(F)C(=O)Oc1ccccc1. The van der Waals surface area contributed by atoms with Crippen molar-refractivity contribution in [3.8, 4) is 5.75 Å². The number of carbonyl (C=O) groups is 1. The monoisotopic (exact) mass is 218 g/mol. The average Bonchev–Trinajstić information content (AvgIpc) is 2.19. The van der Waals surface area contributed by atoms with Crippen LogP contribution in [0.5, 0.6) is 5.75 Å². The topological polar surface area (TPSA) is 26.3 Å². The number of thioether (sulfide) groups is 1. The number of para-hydroxylation sites is 1. The van der Waals surface area contributed by atoms with Crippen molar-refractivity contribution in [1.29, 1.82) is 0 Å². The van der Waals surface area contributed by atoms with E-state index in [0.717, 1.165) is 6.26 Å². The van der Waals surface area contributed by atoms with Gasteiger partial charge < -0.3 is 4.74 Å². The summed E-state index contributed by atoms with van der Waals surface area (Å²) in [5.41, 5.74) is 0. The Bertz CT molecular complexity index is 314. The predicted molar refractivity (Wildman–Crippen MR) is 50.5 cm³/mol. The minimum absolute atomic E-state index is 0.117. The molecule has 0 saturated carbocycles. The van der Waals surface area contributed by atoms with E-state index < -0.39 is 11.2 Å². The van der Waals surface area contributed by atoms with Crippen LogP contribution in [0.2, 0.25) is 0 Å². The number of hydrogen-bond acceptors (Lipinski definition) is 3. The largest absolute Gasteiger partial charge is 0.421 e. The zero-order valence-corrected chi connectivity index (χ0v) is 8.18. The van der Waals surface area contributed by atoms with Crippen molar-refractivity contribution in [2.75, 3.05) is 6.26 Å². The molecule has 0 saturated heterocycles. The molecule has 14 heavy (non-hydrogen) atoms. The number of benzene rings is 1. The van der Waals surface area contributed by atoms with Gasteiger partial charge in [-0.15, -0.1) is 0 Å². The molecule has 1 rings (SSSR count). The third-order valence-corrected chi connectivity index (χ3v) is 2.13. The normalized spacial score (nSPS) is 11.1. The summed E-state index contributed by atoms with van der Waals surface area (Å²) in [7, 11) is 0. The Balaban J connectivity index is 2.67. The van der Waals surface area contributed by atoms with E-state index in [1.165, 1.54) is 12.1 Å². The maximum atomic E-state index is 12.7. The summed E-state index contributed by atoms with van der Waals surface area (Å²) in [6.45, 7) is 0. The molecule has 0 bridgehead atoms. The Hall–Kier alpha value is -1.10. The fraction of sp³-hybridized carbons (Fsp3) is 0.222. The van der Waals surface area contributed by atoms with E-state index in [2.05, 4.69) is 4.74 Å². The summed E-state index contributed by atoms with van der Waals surface area (Å²) in [5, 5.41) is -3.49. The standard InChI is InChI=1S/C9H8F2O2S/c1-14-9(10,11)8(12)13-7-5-3-2-4-6-7/h2-6H,1H3. The smallest absolute Gasteiger partial charge is 0.393 e. The van der Waals surface area contributed by atoms with Gasteiger partial charge in [-0.3, -0.25) is 0 Å². The minimum atomic E-state index is -3.49. The highest BCUT2D eigenvalue weighted by molar-refractivity contribution is 8.00. The molecule has 0 fully saturated rings. The van der Waals surface area contributed by atoms with Crippen LogP contribution in [0.1, 0.15) is 0 Å². The molecule has 0 spiro atoms. The molecule has 0 amide bonds. The highest BCUT2D eigenvalue weighted by Gasteiger charge is 2.40. The van der Waals surface area contributed by atoms with Crippen molar-refractivity contribution in [2.45, 2.75) is 5.25 Å². The van der Waals surface area contributed by atoms with Crippen molar-refractivity contribution >= 4 is 17.7 Å². The molecule has 0 aromatic heterocycles. The van der Waals surface area contributed by atoms with Gasteiger partial charge in [-0.1, -0.05) is 30.0 Å². The molecule has 0 aliphatic rings. The number of esters is 1. The summed E-state index contributed by atoms with van der Waals surface area (Å²) in [4.78, 5) is 10.9. The Morgan fingerprint density at radius 3 is 2.43 bits per heavy atom. The van der Waals surface area contributed by atoms with E-state index in [-0.39, 0.29) is 17.5 Å². The number of alkyl halides is 2. The number of ether oxygens (including phenoxy) is 1. The fourth-order valence-corrected chi connectivity index (χ4v) is 0.947. The first-order chi connectivity index (χ1) is 6.56. The quantitative estimate of drug-likeness (QED) is 0.576. The highest BCUT2D eigenvalue weighted by atomic mass is 32.2. The van der Waals surface area contributed by atoms with Gasteiger partial charge in [0.25, 0.3) is 0 Å². The molecule has 1 aromatic carbocycles. The molecule has 0 heterocycles. The van der Waals surface area contributed by atoms with Crippen LogP contribution in [0, 0.1) is 0 Å². The molecule has 0 N–H and O–H groups in total. The minimum Gasteiger partial charge on any atom is -0.421 e. The molecule has 1 aromatic rings. The summed E-state index contributed by atoms with van der Waals surface area (Å²) in [5.74, 6) is -1.43. The van der Waals surface area contributed by atoms with Crippen molar-refractivity contribution in [2.24, 2.45) is 0 Å². The Morgan fingerprint density at radius 1 is 1.36 bits per heavy atom. The summed E-state index contributed by atoms with van der Waals surface area (Å²) < 4.78 is 29.9. The highest BCUT2D eigenvalue weighted by Crippen LogP contribution is 2.28. The van der Waals surface area contributed by atoms with Crippen LogP contribution in [-0.2, 0) is 4.79 Å². The first-order valence-electron chi connectivity index (χ1n) is 3.76. The van der Waals surface area contributed by atoms with E-state index in [1.807, 2.05) is 0 Å². The van der Waals surface area contributed by atoms with Crippen molar-refractivity contribution < 1.29 is 18.3 Å². The van der Waals surface area contributed by atoms with Crippen LogP contribution in [-0.4, -0.2) is 17.5 Å². The van der Waals surface area contributed by atoms with E-state index in [4.69, 9.17) is 0 Å². The number of hydrogen-bond donors (Lipinski definition) is 0. The molecule has 2 nitrogen and oxygen atoms in total. The Kier molecular flexibility index (Phi) is 3.46. The number of rotatable bonds is 3. The van der Waals surface area contributed by atoms with E-state index in [0.29, 0.717) is 0 Å². The van der Waals surface area contributed by atoms with Gasteiger partial charge in [0.15, 0.2) is 0 Å². The average molecular weight is 218 g/mol. The van der Waals surface area contributed by atoms with Crippen molar-refractivity contribution in [3.63, 3.8) is 0 Å². The summed E-state index contributed by atoms with van der Waals surface area (Å²) in [6.07, 6.45) is 1.15. The maximum Gasteiger partial charge on any atom is 0.393 e. The third kappa shape index (κ3) is 2.70. The second-order valence-electron chi connectivity index (χ2n) is 2.42. The van der Waals surface area contributed by atoms with E-state index in [9.17, 15) is 13.6 Å². The summed E-state index contributed by atoms with van der Waals surface area (Å²) >= 11 is 0.147. The van der Waals surface area contributed by atoms with Crippen LogP contribution in [0.3, 0.4) is 0 Å². The van der Waals surface area contributed by atoms with Gasteiger partial charge in [0, 0.05) is 0 Å². The molecular formula is C9H8F2O2S. The van der Waals surface area contributed by atoms with Gasteiger partial charge in [0.05, 0.1) is 0 Å². The zero-order chi connectivity index (χ0) is 10.6. The lowest BCUT2D eigenvalue weighted by molar-refractivity contribution is -0.149. The molecule has 0 aliphatic carbocycles. The third-order valence-electron chi connectivity index (χ3n) is 1.45. The maximum absolute atomic E-state index is 12.7. The summed E-state index contributed by atoms with van der Waals surface area (Å²) in [6, 6.07) is 7.77. The van der Waals surface area contributed by atoms with E-state index >= 15 is 0 Å². The predicted octanol–water partition coefficient (Wildman–Crippen LogP) is 2.55. The van der Waals surface area contributed by atoms with Crippen LogP contribution in [0.15, 0.2) is 30.3 Å². The molecule has 0 atom stereocenters. The molecule has 0 radical (unpaired) electrons. The Labute approximate surface area is 84.3 Å². The fourth-order valence-electron chi connectivity index (χ4n) is 0.738. The van der Waals surface area contributed by atoms with Gasteiger partial charge in [0.1, 0.15) is 5.75 Å². The lowest BCUT2D eigenvalue weighted by Crippen LogP contribution is -2.29. The lowest BCUT2D eigenvalue weighted by Gasteiger charge is -2.11. The van der Waals surface area contributed by atoms with Crippen molar-refractivity contribution in [3.05, 3.63) is 30.3 Å². The van der Waals surface area contributed by atoms with Gasteiger partial charge in [0.2, 0.25) is 0 Å². The first kappa shape index (κ1) is 11.0. The van der Waals surface area contributed by atoms with Gasteiger partial charge >= 0.3 is 11.2 Å². The second-order valence-corrected chi connectivity index (χ2v) is 3.34. The number of carbonyl (C=O) groups excluding carboxylic acids is 1. The van der Waals surface area contributed by atoms with Gasteiger partial charge in [-0.05, 0) is 18.4 Å². The molecule has 0 unspecified atom stereocenters.